The van der Waals surface area contributed by atoms with Crippen LogP contribution in [0.2, 0.25) is 0 Å². The van der Waals surface area contributed by atoms with E-state index >= 15 is 0 Å². The first-order valence-electron chi connectivity index (χ1n) is 17.7. The van der Waals surface area contributed by atoms with Gasteiger partial charge in [0, 0.05) is 19.4 Å². The van der Waals surface area contributed by atoms with Gasteiger partial charge in [-0.25, -0.2) is 4.98 Å². The van der Waals surface area contributed by atoms with Crippen molar-refractivity contribution in [3.63, 3.8) is 0 Å². The number of carbonyl (C=O) groups excluding carboxylic acids is 1. The van der Waals surface area contributed by atoms with E-state index in [1.807, 2.05) is 30.4 Å². The molecule has 0 fully saturated rings. The summed E-state index contributed by atoms with van der Waals surface area (Å²) in [7, 11) is 0. The number of fused-ring (bicyclic) bond motifs is 1. The molecule has 0 bridgehead atoms. The summed E-state index contributed by atoms with van der Waals surface area (Å²) in [6.07, 6.45) is 1.62. The van der Waals surface area contributed by atoms with Gasteiger partial charge in [0.1, 0.15) is 55.2 Å². The summed E-state index contributed by atoms with van der Waals surface area (Å²) in [5.74, 6) is 0.139. The Morgan fingerprint density at radius 2 is 1.58 bits per heavy atom. The molecular formula is C37H57N3O10. The molecule has 0 aliphatic heterocycles. The Bertz CT molecular complexity index is 1440. The number of nitrogens with zero attached hydrogens (tertiary/aromatic N) is 2. The number of quaternary nitrogens is 1. The molecule has 0 aliphatic carbocycles. The molecule has 4 unspecified atom stereocenters. The topological polar surface area (TPSA) is 211 Å². The average Bonchev–Trinajstić information content (AvgIpc) is 3.13. The molecule has 0 saturated heterocycles. The smallest absolute Gasteiger partial charge is 0.261 e. The van der Waals surface area contributed by atoms with Crippen LogP contribution in [0.25, 0.3) is 10.9 Å². The molecule has 0 spiro atoms. The summed E-state index contributed by atoms with van der Waals surface area (Å²) in [5, 5.41) is 60.1. The van der Waals surface area contributed by atoms with Crippen molar-refractivity contribution in [2.75, 3.05) is 32.9 Å². The molecule has 2 aromatic carbocycles. The first-order valence-corrected chi connectivity index (χ1v) is 17.7. The molecule has 7 N–H and O–H groups in total. The van der Waals surface area contributed by atoms with E-state index in [2.05, 4.69) is 11.9 Å². The van der Waals surface area contributed by atoms with Crippen LogP contribution in [0.4, 0.5) is 0 Å². The van der Waals surface area contributed by atoms with Crippen molar-refractivity contribution >= 4 is 16.9 Å². The van der Waals surface area contributed by atoms with Crippen LogP contribution < -0.4 is 20.7 Å². The van der Waals surface area contributed by atoms with Crippen LogP contribution in [0.15, 0.2) is 53.3 Å². The van der Waals surface area contributed by atoms with E-state index in [1.165, 1.54) is 32.1 Å². The molecule has 3 rings (SSSR count). The Kier molecular flexibility index (Phi) is 20.4. The number of ether oxygens (including phenoxy) is 2. The zero-order chi connectivity index (χ0) is 36.9. The number of benzene rings is 2. The number of carboxylic acids is 1. The van der Waals surface area contributed by atoms with Crippen molar-refractivity contribution in [1.82, 2.24) is 9.55 Å². The van der Waals surface area contributed by atoms with Gasteiger partial charge in [-0.15, -0.1) is 0 Å². The minimum Gasteiger partial charge on any atom is -0.547 e. The van der Waals surface area contributed by atoms with Gasteiger partial charge in [0.05, 0.1) is 36.6 Å². The van der Waals surface area contributed by atoms with E-state index in [1.54, 1.807) is 41.8 Å². The lowest BCUT2D eigenvalue weighted by Crippen LogP contribution is -2.87. The second kappa shape index (κ2) is 23.9. The summed E-state index contributed by atoms with van der Waals surface area (Å²) >= 11 is 0. The molecule has 0 radical (unpaired) electrons. The van der Waals surface area contributed by atoms with E-state index in [4.69, 9.17) is 14.6 Å². The molecular weight excluding hydrogens is 646 g/mol. The van der Waals surface area contributed by atoms with Crippen LogP contribution in [-0.2, 0) is 28.9 Å². The second-order valence-electron chi connectivity index (χ2n) is 12.2. The number of para-hydroxylation sites is 1. The number of aliphatic hydroxyl groups excluding tert-OH is 5. The summed E-state index contributed by atoms with van der Waals surface area (Å²) in [6.45, 7) is 7.39. The van der Waals surface area contributed by atoms with Crippen molar-refractivity contribution in [3.05, 3.63) is 70.3 Å². The van der Waals surface area contributed by atoms with Crippen LogP contribution in [0.5, 0.6) is 5.75 Å². The molecule has 50 heavy (non-hydrogen) atoms. The monoisotopic (exact) mass is 703 g/mol. The van der Waals surface area contributed by atoms with Crippen LogP contribution in [0.1, 0.15) is 70.7 Å². The first-order chi connectivity index (χ1) is 24.1. The van der Waals surface area contributed by atoms with E-state index in [-0.39, 0.29) is 18.5 Å². The maximum atomic E-state index is 12.8. The van der Waals surface area contributed by atoms with Crippen molar-refractivity contribution in [1.29, 1.82) is 0 Å². The third-order valence-corrected chi connectivity index (χ3v) is 8.31. The van der Waals surface area contributed by atoms with Gasteiger partial charge in [-0.2, -0.15) is 0 Å². The van der Waals surface area contributed by atoms with Crippen molar-refractivity contribution in [2.24, 2.45) is 0 Å². The van der Waals surface area contributed by atoms with E-state index in [0.717, 1.165) is 24.4 Å². The average molecular weight is 704 g/mol. The molecule has 13 heteroatoms. The third kappa shape index (κ3) is 14.4. The lowest BCUT2D eigenvalue weighted by molar-refractivity contribution is -0.662. The standard InChI is InChI=1S/C23H26N2O5.C14H31NO5/c1-3-21-24-19-8-6-5-7-18(19)22(26)25(21)13-14-30-17-11-9-16(10-12-17)15-20(23(27)28)29-4-2;1-2-3-4-5-6-7-8-15-9-11(17)13(19)14(20)12(18)10-16/h5-12,20H,3-4,13-15H2,1-2H3,(H,27,28);11-20H,2-10H2,1H3/t20-;/m0./s1. The first kappa shape index (κ1) is 42.7. The van der Waals surface area contributed by atoms with Crippen LogP contribution in [-0.4, -0.2) is 104 Å². The number of nitrogens with two attached hydrogens (primary N) is 1. The molecule has 0 aliphatic rings. The molecule has 13 nitrogen and oxygen atoms in total. The number of aliphatic hydroxyl groups is 5. The lowest BCUT2D eigenvalue weighted by Gasteiger charge is -2.24. The summed E-state index contributed by atoms with van der Waals surface area (Å²) in [6, 6.07) is 14.5. The largest absolute Gasteiger partial charge is 0.547 e. The summed E-state index contributed by atoms with van der Waals surface area (Å²) in [4.78, 5) is 28.5. The fraction of sp³-hybridized carbons (Fsp3) is 0.595. The Morgan fingerprint density at radius 1 is 0.920 bits per heavy atom. The summed E-state index contributed by atoms with van der Waals surface area (Å²) in [5.41, 5.74) is 1.45. The second-order valence-corrected chi connectivity index (χ2v) is 12.2. The number of aliphatic carboxylic acids is 1. The Morgan fingerprint density at radius 3 is 2.22 bits per heavy atom. The highest BCUT2D eigenvalue weighted by Gasteiger charge is 2.30. The third-order valence-electron chi connectivity index (χ3n) is 8.31. The van der Waals surface area contributed by atoms with Gasteiger partial charge in [-0.05, 0) is 49.6 Å². The maximum absolute atomic E-state index is 12.8. The zero-order valence-corrected chi connectivity index (χ0v) is 29.7. The van der Waals surface area contributed by atoms with Gasteiger partial charge in [0.15, 0.2) is 0 Å². The molecule has 3 aromatic rings. The predicted octanol–water partition coefficient (Wildman–Crippen LogP) is 0.0816. The molecule has 0 amide bonds. The van der Waals surface area contributed by atoms with Crippen molar-refractivity contribution < 1.29 is 50.2 Å². The van der Waals surface area contributed by atoms with Crippen LogP contribution >= 0.6 is 0 Å². The van der Waals surface area contributed by atoms with Crippen LogP contribution in [0, 0.1) is 0 Å². The van der Waals surface area contributed by atoms with Gasteiger partial charge >= 0.3 is 0 Å². The van der Waals surface area contributed by atoms with Gasteiger partial charge in [0.2, 0.25) is 0 Å². The number of aryl methyl sites for hydroxylation is 1. The van der Waals surface area contributed by atoms with Gasteiger partial charge in [-0.1, -0.05) is 63.8 Å². The van der Waals surface area contributed by atoms with Crippen molar-refractivity contribution in [2.45, 2.75) is 109 Å². The zero-order valence-electron chi connectivity index (χ0n) is 29.7. The highest BCUT2D eigenvalue weighted by atomic mass is 16.5. The molecule has 5 atom stereocenters. The minimum absolute atomic E-state index is 0.0688. The van der Waals surface area contributed by atoms with Gasteiger partial charge in [-0.3, -0.25) is 9.36 Å². The fourth-order valence-electron chi connectivity index (χ4n) is 5.38. The number of hydrogen-bond donors (Lipinski definition) is 6. The SMILES string of the molecule is CCCCCCCC[NH2+]CC(O)C(O)C(O)C(O)CO.CCO[C@@H](Cc1ccc(OCCn2c(CC)nc3ccccc3c2=O)cc1)C(=O)[O-]. The Hall–Kier alpha value is -3.43. The van der Waals surface area contributed by atoms with E-state index < -0.39 is 43.1 Å². The number of aromatic nitrogens is 2. The van der Waals surface area contributed by atoms with Crippen LogP contribution in [0.3, 0.4) is 0 Å². The Balaban J connectivity index is 0.000000380. The molecule has 1 heterocycles. The number of rotatable bonds is 23. The fourth-order valence-corrected chi connectivity index (χ4v) is 5.38. The predicted molar refractivity (Wildman–Crippen MR) is 188 cm³/mol. The number of carboxylic acid groups (broad SMARTS) is 1. The highest BCUT2D eigenvalue weighted by molar-refractivity contribution is 5.77. The normalized spacial score (nSPS) is 14.3. The summed E-state index contributed by atoms with van der Waals surface area (Å²) < 4.78 is 12.6. The van der Waals surface area contributed by atoms with E-state index in [0.29, 0.717) is 42.8 Å². The quantitative estimate of drug-likeness (QED) is 0.0729. The number of unbranched alkanes of at least 4 members (excludes halogenated alkanes) is 5. The Labute approximate surface area is 294 Å². The van der Waals surface area contributed by atoms with Gasteiger partial charge in [0.25, 0.3) is 5.56 Å². The number of hydrogen-bond acceptors (Lipinski definition) is 11. The number of carbonyl (C=O) groups is 1. The maximum Gasteiger partial charge on any atom is 0.261 e. The highest BCUT2D eigenvalue weighted by Crippen LogP contribution is 2.15. The van der Waals surface area contributed by atoms with E-state index in [9.17, 15) is 35.1 Å². The molecule has 1 aromatic heterocycles. The van der Waals surface area contributed by atoms with Crippen molar-refractivity contribution in [3.8, 4) is 5.75 Å². The molecule has 280 valence electrons. The van der Waals surface area contributed by atoms with Gasteiger partial charge < -0.3 is 50.2 Å². The molecule has 0 saturated carbocycles. The minimum atomic E-state index is -1.53. The lowest BCUT2D eigenvalue weighted by atomic mass is 10.0.